The van der Waals surface area contributed by atoms with Gasteiger partial charge < -0.3 is 9.73 Å². The number of carbonyl (C=O) groups excluding carboxylic acids is 1. The van der Waals surface area contributed by atoms with E-state index in [1.165, 1.54) is 24.3 Å². The molecule has 116 valence electrons. The van der Waals surface area contributed by atoms with Gasteiger partial charge in [0.25, 0.3) is 0 Å². The predicted molar refractivity (Wildman–Crippen MR) is 83.8 cm³/mol. The monoisotopic (exact) mass is 331 g/mol. The van der Waals surface area contributed by atoms with Crippen molar-refractivity contribution in [1.29, 1.82) is 0 Å². The van der Waals surface area contributed by atoms with Crippen LogP contribution in [0.15, 0.2) is 46.9 Å². The van der Waals surface area contributed by atoms with E-state index >= 15 is 0 Å². The molecule has 1 amide bonds. The minimum atomic E-state index is -0.545. The van der Waals surface area contributed by atoms with Crippen LogP contribution in [0, 0.1) is 12.7 Å². The summed E-state index contributed by atoms with van der Waals surface area (Å²) >= 11 is 6.01. The molecule has 2 aromatic carbocycles. The molecule has 0 radical (unpaired) electrons. The Morgan fingerprint density at radius 2 is 1.91 bits per heavy atom. The molecule has 7 heteroatoms. The van der Waals surface area contributed by atoms with Gasteiger partial charge in [-0.25, -0.2) is 4.39 Å². The molecule has 0 aliphatic heterocycles. The van der Waals surface area contributed by atoms with Gasteiger partial charge in [-0.3, -0.25) is 4.79 Å². The van der Waals surface area contributed by atoms with Crippen LogP contribution in [0.25, 0.3) is 11.5 Å². The van der Waals surface area contributed by atoms with Crippen molar-refractivity contribution in [3.05, 3.63) is 64.8 Å². The smallest absolute Gasteiger partial charge is 0.313 e. The summed E-state index contributed by atoms with van der Waals surface area (Å²) < 4.78 is 18.2. The van der Waals surface area contributed by atoms with E-state index in [-0.39, 0.29) is 17.6 Å². The number of halogens is 2. The van der Waals surface area contributed by atoms with Crippen LogP contribution in [-0.2, 0) is 0 Å². The molecule has 5 nitrogen and oxygen atoms in total. The van der Waals surface area contributed by atoms with Crippen molar-refractivity contribution in [2.45, 2.75) is 6.92 Å². The maximum Gasteiger partial charge on any atom is 0.313 e. The van der Waals surface area contributed by atoms with E-state index in [0.717, 1.165) is 5.56 Å². The first-order valence-electron chi connectivity index (χ1n) is 6.70. The van der Waals surface area contributed by atoms with Gasteiger partial charge in [0, 0.05) is 16.3 Å². The molecule has 1 N–H and O–H groups in total. The van der Waals surface area contributed by atoms with Crippen LogP contribution in [-0.4, -0.2) is 16.1 Å². The summed E-state index contributed by atoms with van der Waals surface area (Å²) in [6.45, 7) is 1.79. The molecule has 0 spiro atoms. The number of hydrogen-bond donors (Lipinski definition) is 1. The molecule has 1 aromatic heterocycles. The average Bonchev–Trinajstić information content (AvgIpc) is 3.02. The second-order valence-corrected chi connectivity index (χ2v) is 5.19. The van der Waals surface area contributed by atoms with Gasteiger partial charge in [0.2, 0.25) is 5.89 Å². The van der Waals surface area contributed by atoms with Crippen molar-refractivity contribution in [2.75, 3.05) is 5.32 Å². The quantitative estimate of drug-likeness (QED) is 0.785. The minimum absolute atomic E-state index is 0.137. The Hall–Kier alpha value is -2.73. The molecule has 0 saturated heterocycles. The zero-order valence-electron chi connectivity index (χ0n) is 12.0. The SMILES string of the molecule is Cc1c(Cl)cccc1NC(=O)c1nnc(-c2ccc(F)cc2)o1. The molecule has 3 aromatic rings. The zero-order chi connectivity index (χ0) is 16.4. The van der Waals surface area contributed by atoms with Crippen LogP contribution in [0.4, 0.5) is 10.1 Å². The molecule has 1 heterocycles. The van der Waals surface area contributed by atoms with Crippen LogP contribution in [0.5, 0.6) is 0 Å². The van der Waals surface area contributed by atoms with Gasteiger partial charge in [0.1, 0.15) is 5.82 Å². The summed E-state index contributed by atoms with van der Waals surface area (Å²) in [6.07, 6.45) is 0. The number of amides is 1. The maximum absolute atomic E-state index is 12.9. The van der Waals surface area contributed by atoms with Crippen LogP contribution >= 0.6 is 11.6 Å². The molecular formula is C16H11ClFN3O2. The summed E-state index contributed by atoms with van der Waals surface area (Å²) in [7, 11) is 0. The number of aromatic nitrogens is 2. The van der Waals surface area contributed by atoms with E-state index < -0.39 is 5.91 Å². The van der Waals surface area contributed by atoms with Crippen molar-refractivity contribution in [3.8, 4) is 11.5 Å². The van der Waals surface area contributed by atoms with Crippen molar-refractivity contribution in [1.82, 2.24) is 10.2 Å². The number of benzene rings is 2. The number of nitrogens with zero attached hydrogens (tertiary/aromatic N) is 2. The first kappa shape index (κ1) is 15.2. The standard InChI is InChI=1S/C16H11ClFN3O2/c1-9-12(17)3-2-4-13(9)19-14(22)16-21-20-15(23-16)10-5-7-11(18)8-6-10/h2-8H,1H3,(H,19,22). The molecule has 0 fully saturated rings. The van der Waals surface area contributed by atoms with E-state index in [2.05, 4.69) is 15.5 Å². The van der Waals surface area contributed by atoms with E-state index in [1.54, 1.807) is 25.1 Å². The Bertz CT molecular complexity index is 862. The molecule has 0 aliphatic rings. The van der Waals surface area contributed by atoms with Gasteiger partial charge in [0.05, 0.1) is 0 Å². The highest BCUT2D eigenvalue weighted by molar-refractivity contribution is 6.31. The minimum Gasteiger partial charge on any atom is -0.412 e. The van der Waals surface area contributed by atoms with E-state index in [9.17, 15) is 9.18 Å². The number of nitrogens with one attached hydrogen (secondary N) is 1. The lowest BCUT2D eigenvalue weighted by Gasteiger charge is -2.07. The summed E-state index contributed by atoms with van der Waals surface area (Å²) in [5.41, 5.74) is 1.82. The number of hydrogen-bond acceptors (Lipinski definition) is 4. The molecule has 0 saturated carbocycles. The van der Waals surface area contributed by atoms with E-state index in [0.29, 0.717) is 16.3 Å². The number of anilines is 1. The van der Waals surface area contributed by atoms with Gasteiger partial charge in [-0.2, -0.15) is 0 Å². The highest BCUT2D eigenvalue weighted by atomic mass is 35.5. The third-order valence-electron chi connectivity index (χ3n) is 3.23. The topological polar surface area (TPSA) is 68.0 Å². The fourth-order valence-electron chi connectivity index (χ4n) is 1.94. The van der Waals surface area contributed by atoms with Gasteiger partial charge in [-0.1, -0.05) is 17.7 Å². The third kappa shape index (κ3) is 3.22. The lowest BCUT2D eigenvalue weighted by Crippen LogP contribution is -2.13. The van der Waals surface area contributed by atoms with Crippen molar-refractivity contribution >= 4 is 23.2 Å². The molecule has 0 bridgehead atoms. The maximum atomic E-state index is 12.9. The molecule has 23 heavy (non-hydrogen) atoms. The fourth-order valence-corrected chi connectivity index (χ4v) is 2.12. The molecule has 0 aliphatic carbocycles. The number of rotatable bonds is 3. The highest BCUT2D eigenvalue weighted by Gasteiger charge is 2.17. The molecular weight excluding hydrogens is 321 g/mol. The summed E-state index contributed by atoms with van der Waals surface area (Å²) in [5, 5.41) is 10.7. The van der Waals surface area contributed by atoms with Crippen LogP contribution in [0.2, 0.25) is 5.02 Å². The van der Waals surface area contributed by atoms with Crippen molar-refractivity contribution in [3.63, 3.8) is 0 Å². The lowest BCUT2D eigenvalue weighted by atomic mass is 10.2. The second-order valence-electron chi connectivity index (χ2n) is 4.79. The van der Waals surface area contributed by atoms with Crippen LogP contribution in [0.3, 0.4) is 0 Å². The van der Waals surface area contributed by atoms with Crippen molar-refractivity contribution < 1.29 is 13.6 Å². The zero-order valence-corrected chi connectivity index (χ0v) is 12.8. The highest BCUT2D eigenvalue weighted by Crippen LogP contribution is 2.24. The van der Waals surface area contributed by atoms with E-state index in [1.807, 2.05) is 0 Å². The lowest BCUT2D eigenvalue weighted by molar-refractivity contribution is 0.0990. The first-order chi connectivity index (χ1) is 11.0. The third-order valence-corrected chi connectivity index (χ3v) is 3.64. The summed E-state index contributed by atoms with van der Waals surface area (Å²) in [5.74, 6) is -0.972. The Morgan fingerprint density at radius 1 is 1.17 bits per heavy atom. The van der Waals surface area contributed by atoms with Crippen LogP contribution < -0.4 is 5.32 Å². The first-order valence-corrected chi connectivity index (χ1v) is 7.08. The van der Waals surface area contributed by atoms with E-state index in [4.69, 9.17) is 16.0 Å². The molecule has 0 atom stereocenters. The fraction of sp³-hybridized carbons (Fsp3) is 0.0625. The second kappa shape index (κ2) is 6.18. The Morgan fingerprint density at radius 3 is 2.65 bits per heavy atom. The summed E-state index contributed by atoms with van der Waals surface area (Å²) in [6, 6.07) is 10.7. The van der Waals surface area contributed by atoms with Gasteiger partial charge >= 0.3 is 11.8 Å². The Kier molecular flexibility index (Phi) is 4.08. The normalized spacial score (nSPS) is 10.6. The van der Waals surface area contributed by atoms with Gasteiger partial charge in [0.15, 0.2) is 0 Å². The largest absolute Gasteiger partial charge is 0.412 e. The van der Waals surface area contributed by atoms with Crippen molar-refractivity contribution in [2.24, 2.45) is 0 Å². The van der Waals surface area contributed by atoms with Gasteiger partial charge in [-0.15, -0.1) is 10.2 Å². The Balaban J connectivity index is 1.81. The van der Waals surface area contributed by atoms with Crippen LogP contribution in [0.1, 0.15) is 16.2 Å². The summed E-state index contributed by atoms with van der Waals surface area (Å²) in [4.78, 5) is 12.2. The Labute approximate surface area is 136 Å². The predicted octanol–water partition coefficient (Wildman–Crippen LogP) is 4.09. The van der Waals surface area contributed by atoms with Gasteiger partial charge in [-0.05, 0) is 48.9 Å². The molecule has 0 unspecified atom stereocenters. The molecule has 3 rings (SSSR count). The number of carbonyl (C=O) groups is 1. The average molecular weight is 332 g/mol.